The van der Waals surface area contributed by atoms with Crippen molar-refractivity contribution in [2.45, 2.75) is 158 Å². The number of hydrogen-bond acceptors (Lipinski definition) is 8. The molecule has 0 spiro atoms. The van der Waals surface area contributed by atoms with Crippen LogP contribution in [-0.4, -0.2) is 23.9 Å². The van der Waals surface area contributed by atoms with Crippen molar-refractivity contribution in [2.24, 2.45) is 23.7 Å². The summed E-state index contributed by atoms with van der Waals surface area (Å²) in [5, 5.41) is 41.3. The van der Waals surface area contributed by atoms with Crippen LogP contribution in [0, 0.1) is 65.4 Å². The van der Waals surface area contributed by atoms with E-state index in [1.54, 1.807) is 0 Å². The molecular formula is C32H60CeO8-. The summed E-state index contributed by atoms with van der Waals surface area (Å²) in [6.07, 6.45) is 14.1. The molecule has 41 heavy (non-hydrogen) atoms. The number of aliphatic carboxylic acids is 4. The van der Waals surface area contributed by atoms with Gasteiger partial charge in [0.2, 0.25) is 0 Å². The summed E-state index contributed by atoms with van der Waals surface area (Å²) in [6, 6.07) is 0. The molecule has 0 aliphatic heterocycles. The summed E-state index contributed by atoms with van der Waals surface area (Å²) >= 11 is 0. The average molecular weight is 713 g/mol. The van der Waals surface area contributed by atoms with Gasteiger partial charge in [0.25, 0.3) is 0 Å². The van der Waals surface area contributed by atoms with Gasteiger partial charge in [0.1, 0.15) is 0 Å². The van der Waals surface area contributed by atoms with Gasteiger partial charge in [0.15, 0.2) is 0 Å². The first-order valence-corrected chi connectivity index (χ1v) is 15.7. The summed E-state index contributed by atoms with van der Waals surface area (Å²) in [4.78, 5) is 41.3. The summed E-state index contributed by atoms with van der Waals surface area (Å²) in [6.45, 7) is 15.8. The largest absolute Gasteiger partial charge is 3.00 e. The van der Waals surface area contributed by atoms with Gasteiger partial charge in [-0.1, -0.05) is 107 Å². The Morgan fingerprint density at radius 2 is 0.537 bits per heavy atom. The molecule has 8 nitrogen and oxygen atoms in total. The van der Waals surface area contributed by atoms with Gasteiger partial charge in [0.05, 0.1) is 0 Å². The van der Waals surface area contributed by atoms with Crippen LogP contribution in [-0.2, 0) is 19.2 Å². The van der Waals surface area contributed by atoms with Crippen molar-refractivity contribution in [3.05, 3.63) is 0 Å². The third kappa shape index (κ3) is 35.4. The molecule has 0 fully saturated rings. The third-order valence-corrected chi connectivity index (χ3v) is 6.93. The van der Waals surface area contributed by atoms with Crippen LogP contribution in [0.1, 0.15) is 158 Å². The van der Waals surface area contributed by atoms with Crippen LogP contribution >= 0.6 is 0 Å². The SMILES string of the molecule is CCCCC(CC)C(=O)[O-].CCCCC(CC)C(=O)[O-].CCCCC(CC)C(=O)[O-].CCCCC(CC)C(=O)[O-].[Ce+3]. The Kier molecular flexibility index (Phi) is 45.4. The van der Waals surface area contributed by atoms with Crippen LogP contribution in [0.4, 0.5) is 0 Å². The molecule has 0 aromatic carbocycles. The zero-order valence-electron chi connectivity index (χ0n) is 27.4. The molecule has 0 saturated heterocycles. The quantitative estimate of drug-likeness (QED) is 0.184. The zero-order valence-corrected chi connectivity index (χ0v) is 30.5. The van der Waals surface area contributed by atoms with E-state index in [0.29, 0.717) is 25.7 Å². The van der Waals surface area contributed by atoms with Crippen LogP contribution in [0.15, 0.2) is 0 Å². The fraction of sp³-hybridized carbons (Fsp3) is 0.875. The predicted octanol–water partition coefficient (Wildman–Crippen LogP) is 3.81. The fourth-order valence-corrected chi connectivity index (χ4v) is 3.76. The van der Waals surface area contributed by atoms with Gasteiger partial charge in [-0.05, 0) is 75.0 Å². The Morgan fingerprint density at radius 1 is 0.390 bits per heavy atom. The summed E-state index contributed by atoms with van der Waals surface area (Å²) < 4.78 is 0. The minimum atomic E-state index is -0.893. The van der Waals surface area contributed by atoms with Gasteiger partial charge in [-0.15, -0.1) is 0 Å². The second kappa shape index (κ2) is 37.3. The molecule has 0 aliphatic rings. The van der Waals surface area contributed by atoms with Crippen molar-refractivity contribution in [1.29, 1.82) is 0 Å². The van der Waals surface area contributed by atoms with E-state index in [1.807, 2.05) is 27.7 Å². The van der Waals surface area contributed by atoms with Gasteiger partial charge in [-0.2, -0.15) is 0 Å². The van der Waals surface area contributed by atoms with Crippen molar-refractivity contribution >= 4 is 23.9 Å². The van der Waals surface area contributed by atoms with Crippen molar-refractivity contribution in [3.8, 4) is 0 Å². The van der Waals surface area contributed by atoms with Crippen LogP contribution in [0.25, 0.3) is 0 Å². The smallest absolute Gasteiger partial charge is 0.550 e. The summed E-state index contributed by atoms with van der Waals surface area (Å²) in [5.74, 6) is -4.46. The topological polar surface area (TPSA) is 161 Å². The van der Waals surface area contributed by atoms with Crippen molar-refractivity contribution < 1.29 is 81.4 Å². The number of carboxylic acid groups (broad SMARTS) is 4. The van der Waals surface area contributed by atoms with Gasteiger partial charge in [-0.25, -0.2) is 0 Å². The first kappa shape index (κ1) is 49.9. The maximum absolute atomic E-state index is 10.3. The van der Waals surface area contributed by atoms with Crippen molar-refractivity contribution in [1.82, 2.24) is 0 Å². The number of carboxylic acids is 4. The van der Waals surface area contributed by atoms with Gasteiger partial charge >= 0.3 is 41.7 Å². The molecule has 0 amide bonds. The fourth-order valence-electron chi connectivity index (χ4n) is 3.76. The molecule has 0 aliphatic carbocycles. The number of carbonyl (C=O) groups is 4. The molecule has 0 bridgehead atoms. The van der Waals surface area contributed by atoms with E-state index in [1.165, 1.54) is 0 Å². The molecule has 0 rings (SSSR count). The zero-order chi connectivity index (χ0) is 31.9. The van der Waals surface area contributed by atoms with E-state index >= 15 is 0 Å². The Bertz CT molecular complexity index is 509. The monoisotopic (exact) mass is 712 g/mol. The van der Waals surface area contributed by atoms with E-state index in [2.05, 4.69) is 27.7 Å². The summed E-state index contributed by atoms with van der Waals surface area (Å²) in [7, 11) is 0. The first-order chi connectivity index (χ1) is 18.9. The minimum Gasteiger partial charge on any atom is -0.550 e. The van der Waals surface area contributed by atoms with Crippen LogP contribution in [0.2, 0.25) is 0 Å². The van der Waals surface area contributed by atoms with Crippen molar-refractivity contribution in [2.75, 3.05) is 0 Å². The van der Waals surface area contributed by atoms with E-state index in [9.17, 15) is 39.6 Å². The predicted molar refractivity (Wildman–Crippen MR) is 153 cm³/mol. The molecule has 0 aromatic heterocycles. The second-order valence-electron chi connectivity index (χ2n) is 10.3. The van der Waals surface area contributed by atoms with E-state index < -0.39 is 23.9 Å². The Hall–Kier alpha value is -0.743. The molecule has 0 N–H and O–H groups in total. The number of rotatable bonds is 20. The molecule has 0 aromatic rings. The number of unbranched alkanes of at least 4 members (excludes halogenated alkanes) is 4. The maximum Gasteiger partial charge on any atom is 3.00 e. The van der Waals surface area contributed by atoms with Crippen LogP contribution in [0.3, 0.4) is 0 Å². The van der Waals surface area contributed by atoms with Gasteiger partial charge in [-0.3, -0.25) is 0 Å². The molecule has 4 unspecified atom stereocenters. The summed E-state index contributed by atoms with van der Waals surface area (Å²) in [5.41, 5.74) is 0. The first-order valence-electron chi connectivity index (χ1n) is 15.7. The standard InChI is InChI=1S/4C8H16O2.Ce/c4*1-3-5-6-7(4-2)8(9)10;/h4*7H,3-6H2,1-2H3,(H,9,10);/q;;;;+3/p-4. The van der Waals surface area contributed by atoms with E-state index in [4.69, 9.17) is 0 Å². The minimum absolute atomic E-state index is 0. The Morgan fingerprint density at radius 3 is 0.610 bits per heavy atom. The van der Waals surface area contributed by atoms with Crippen LogP contribution < -0.4 is 20.4 Å². The molecule has 0 heterocycles. The van der Waals surface area contributed by atoms with E-state index in [0.717, 1.165) is 77.0 Å². The molecule has 1 radical (unpaired) electrons. The maximum atomic E-state index is 10.3. The molecule has 9 heteroatoms. The molecule has 0 saturated carbocycles. The van der Waals surface area contributed by atoms with Gasteiger partial charge < -0.3 is 39.6 Å². The van der Waals surface area contributed by atoms with E-state index in [-0.39, 0.29) is 65.4 Å². The normalized spacial score (nSPS) is 12.7. The molecular weight excluding hydrogens is 652 g/mol. The molecule has 4 atom stereocenters. The molecule has 241 valence electrons. The third-order valence-electron chi connectivity index (χ3n) is 6.93. The second-order valence-corrected chi connectivity index (χ2v) is 10.3. The number of hydrogen-bond donors (Lipinski definition) is 0. The Balaban J connectivity index is -0.000000139. The van der Waals surface area contributed by atoms with Crippen LogP contribution in [0.5, 0.6) is 0 Å². The number of carbonyl (C=O) groups excluding carboxylic acids is 4. The Labute approximate surface area is 285 Å². The van der Waals surface area contributed by atoms with Crippen molar-refractivity contribution in [3.63, 3.8) is 0 Å². The van der Waals surface area contributed by atoms with Gasteiger partial charge in [0, 0.05) is 23.9 Å². The average Bonchev–Trinajstić information content (AvgIpc) is 2.91.